The van der Waals surface area contributed by atoms with Gasteiger partial charge in [0.15, 0.2) is 0 Å². The molecule has 138 valence electrons. The highest BCUT2D eigenvalue weighted by Crippen LogP contribution is 2.21. The Morgan fingerprint density at radius 3 is 2.40 bits per heavy atom. The third kappa shape index (κ3) is 5.21. The third-order valence-corrected chi connectivity index (χ3v) is 5.11. The lowest BCUT2D eigenvalue weighted by molar-refractivity contribution is 0.0697. The molecular formula is C20H31N3O2. The van der Waals surface area contributed by atoms with Crippen molar-refractivity contribution < 1.29 is 9.59 Å². The van der Waals surface area contributed by atoms with Gasteiger partial charge in [-0.2, -0.15) is 0 Å². The quantitative estimate of drug-likeness (QED) is 0.841. The minimum atomic E-state index is -0.194. The fraction of sp³-hybridized carbons (Fsp3) is 0.600. The molecule has 0 atom stereocenters. The van der Waals surface area contributed by atoms with Crippen molar-refractivity contribution in [2.75, 3.05) is 18.4 Å². The second-order valence-electron chi connectivity index (χ2n) is 7.12. The van der Waals surface area contributed by atoms with Gasteiger partial charge < -0.3 is 15.5 Å². The van der Waals surface area contributed by atoms with Crippen LogP contribution in [0.2, 0.25) is 0 Å². The lowest BCUT2D eigenvalue weighted by atomic mass is 9.98. The number of rotatable bonds is 5. The molecular weight excluding hydrogens is 314 g/mol. The molecule has 25 heavy (non-hydrogen) atoms. The number of nitrogens with one attached hydrogen (secondary N) is 2. The van der Waals surface area contributed by atoms with Crippen LogP contribution < -0.4 is 10.6 Å². The summed E-state index contributed by atoms with van der Waals surface area (Å²) in [5, 5.41) is 5.85. The highest BCUT2D eigenvalue weighted by molar-refractivity contribution is 5.96. The van der Waals surface area contributed by atoms with E-state index in [2.05, 4.69) is 31.4 Å². The van der Waals surface area contributed by atoms with E-state index in [1.807, 2.05) is 24.0 Å². The SMILES string of the molecule is CCC(CC)NC(=O)Nc1ccc(C(=O)N2CCC(C)CC2)cc1C. The van der Waals surface area contributed by atoms with Crippen molar-refractivity contribution in [3.63, 3.8) is 0 Å². The molecule has 0 saturated carbocycles. The molecule has 0 bridgehead atoms. The Hall–Kier alpha value is -2.04. The number of nitrogens with zero attached hydrogens (tertiary/aromatic N) is 1. The van der Waals surface area contributed by atoms with Crippen LogP contribution in [0.15, 0.2) is 18.2 Å². The predicted octanol–water partition coefficient (Wildman–Crippen LogP) is 4.18. The lowest BCUT2D eigenvalue weighted by Crippen LogP contribution is -2.38. The van der Waals surface area contributed by atoms with Gasteiger partial charge in [0.25, 0.3) is 5.91 Å². The van der Waals surface area contributed by atoms with Gasteiger partial charge in [-0.25, -0.2) is 4.79 Å². The first-order valence-electron chi connectivity index (χ1n) is 9.42. The zero-order valence-corrected chi connectivity index (χ0v) is 15.9. The van der Waals surface area contributed by atoms with Gasteiger partial charge in [-0.3, -0.25) is 4.79 Å². The summed E-state index contributed by atoms with van der Waals surface area (Å²) in [5.41, 5.74) is 2.33. The van der Waals surface area contributed by atoms with Crippen molar-refractivity contribution in [1.29, 1.82) is 0 Å². The van der Waals surface area contributed by atoms with Crippen molar-refractivity contribution in [3.05, 3.63) is 29.3 Å². The summed E-state index contributed by atoms with van der Waals surface area (Å²) in [4.78, 5) is 26.7. The Labute approximate surface area is 151 Å². The Bertz CT molecular complexity index is 603. The average molecular weight is 345 g/mol. The number of carbonyl (C=O) groups excluding carboxylic acids is 2. The van der Waals surface area contributed by atoms with Gasteiger partial charge >= 0.3 is 6.03 Å². The minimum absolute atomic E-state index is 0.0861. The van der Waals surface area contributed by atoms with Gasteiger partial charge in [0.05, 0.1) is 0 Å². The maximum atomic E-state index is 12.6. The molecule has 0 aliphatic carbocycles. The van der Waals surface area contributed by atoms with E-state index in [-0.39, 0.29) is 18.0 Å². The summed E-state index contributed by atoms with van der Waals surface area (Å²) in [7, 11) is 0. The molecule has 1 saturated heterocycles. The average Bonchev–Trinajstić information content (AvgIpc) is 2.61. The van der Waals surface area contributed by atoms with Crippen LogP contribution in [0.1, 0.15) is 62.4 Å². The molecule has 0 radical (unpaired) electrons. The van der Waals surface area contributed by atoms with E-state index in [1.54, 1.807) is 6.07 Å². The van der Waals surface area contributed by atoms with E-state index in [4.69, 9.17) is 0 Å². The normalized spacial score (nSPS) is 15.3. The highest BCUT2D eigenvalue weighted by Gasteiger charge is 2.21. The fourth-order valence-corrected chi connectivity index (χ4v) is 3.17. The fourth-order valence-electron chi connectivity index (χ4n) is 3.17. The largest absolute Gasteiger partial charge is 0.339 e. The molecule has 1 aromatic carbocycles. The minimum Gasteiger partial charge on any atom is -0.339 e. The molecule has 2 rings (SSSR count). The first-order valence-corrected chi connectivity index (χ1v) is 9.42. The van der Waals surface area contributed by atoms with Gasteiger partial charge in [-0.15, -0.1) is 0 Å². The van der Waals surface area contributed by atoms with E-state index in [9.17, 15) is 9.59 Å². The van der Waals surface area contributed by atoms with Crippen molar-refractivity contribution in [2.24, 2.45) is 5.92 Å². The number of amides is 3. The van der Waals surface area contributed by atoms with Gasteiger partial charge in [-0.1, -0.05) is 20.8 Å². The van der Waals surface area contributed by atoms with E-state index in [0.717, 1.165) is 50.0 Å². The number of aryl methyl sites for hydroxylation is 1. The molecule has 1 heterocycles. The zero-order chi connectivity index (χ0) is 18.4. The van der Waals surface area contributed by atoms with Crippen molar-refractivity contribution in [3.8, 4) is 0 Å². The van der Waals surface area contributed by atoms with Crippen LogP contribution in [0.3, 0.4) is 0 Å². The summed E-state index contributed by atoms with van der Waals surface area (Å²) in [6, 6.07) is 5.48. The summed E-state index contributed by atoms with van der Waals surface area (Å²) >= 11 is 0. The van der Waals surface area contributed by atoms with Crippen molar-refractivity contribution in [1.82, 2.24) is 10.2 Å². The number of hydrogen-bond donors (Lipinski definition) is 2. The molecule has 1 aliphatic heterocycles. The molecule has 0 unspecified atom stereocenters. The van der Waals surface area contributed by atoms with Crippen LogP contribution in [0.25, 0.3) is 0 Å². The third-order valence-electron chi connectivity index (χ3n) is 5.11. The summed E-state index contributed by atoms with van der Waals surface area (Å²) in [6.07, 6.45) is 3.96. The van der Waals surface area contributed by atoms with E-state index < -0.39 is 0 Å². The predicted molar refractivity (Wildman–Crippen MR) is 102 cm³/mol. The second-order valence-corrected chi connectivity index (χ2v) is 7.12. The number of piperidine rings is 1. The molecule has 0 aromatic heterocycles. The van der Waals surface area contributed by atoms with Gasteiger partial charge in [0.2, 0.25) is 0 Å². The van der Waals surface area contributed by atoms with Crippen LogP contribution in [-0.2, 0) is 0 Å². The Morgan fingerprint density at radius 2 is 1.84 bits per heavy atom. The van der Waals surface area contributed by atoms with Gasteiger partial charge in [0.1, 0.15) is 0 Å². The monoisotopic (exact) mass is 345 g/mol. The Morgan fingerprint density at radius 1 is 1.20 bits per heavy atom. The summed E-state index contributed by atoms with van der Waals surface area (Å²) < 4.78 is 0. The lowest BCUT2D eigenvalue weighted by Gasteiger charge is -2.30. The number of urea groups is 1. The molecule has 0 spiro atoms. The first-order chi connectivity index (χ1) is 11.9. The van der Waals surface area contributed by atoms with Crippen LogP contribution in [0.5, 0.6) is 0 Å². The van der Waals surface area contributed by atoms with Gasteiger partial charge in [-0.05, 0) is 62.3 Å². The van der Waals surface area contributed by atoms with E-state index in [0.29, 0.717) is 11.5 Å². The molecule has 1 aliphatic rings. The smallest absolute Gasteiger partial charge is 0.319 e. The highest BCUT2D eigenvalue weighted by atomic mass is 16.2. The van der Waals surface area contributed by atoms with Crippen LogP contribution >= 0.6 is 0 Å². The first kappa shape index (κ1) is 19.3. The van der Waals surface area contributed by atoms with Gasteiger partial charge in [0, 0.05) is 30.4 Å². The van der Waals surface area contributed by atoms with E-state index >= 15 is 0 Å². The molecule has 1 fully saturated rings. The maximum absolute atomic E-state index is 12.6. The number of hydrogen-bond acceptors (Lipinski definition) is 2. The molecule has 2 N–H and O–H groups in total. The van der Waals surface area contributed by atoms with E-state index in [1.165, 1.54) is 0 Å². The number of likely N-dealkylation sites (tertiary alicyclic amines) is 1. The number of benzene rings is 1. The molecule has 1 aromatic rings. The van der Waals surface area contributed by atoms with Crippen LogP contribution in [0, 0.1) is 12.8 Å². The molecule has 5 heteroatoms. The maximum Gasteiger partial charge on any atom is 0.319 e. The van der Waals surface area contributed by atoms with Crippen LogP contribution in [-0.4, -0.2) is 36.0 Å². The number of carbonyl (C=O) groups is 2. The molecule has 5 nitrogen and oxygen atoms in total. The Balaban J connectivity index is 2.00. The standard InChI is InChI=1S/C20H31N3O2/c1-5-17(6-2)21-20(25)22-18-8-7-16(13-15(18)4)19(24)23-11-9-14(3)10-12-23/h7-8,13-14,17H,5-6,9-12H2,1-4H3,(H2,21,22,25). The van der Waals surface area contributed by atoms with Crippen LogP contribution in [0.4, 0.5) is 10.5 Å². The summed E-state index contributed by atoms with van der Waals surface area (Å²) in [5.74, 6) is 0.786. The summed E-state index contributed by atoms with van der Waals surface area (Å²) in [6.45, 7) is 9.93. The second kappa shape index (κ2) is 8.88. The topological polar surface area (TPSA) is 61.4 Å². The zero-order valence-electron chi connectivity index (χ0n) is 15.9. The van der Waals surface area contributed by atoms with Crippen molar-refractivity contribution >= 4 is 17.6 Å². The Kier molecular flexibility index (Phi) is 6.85. The molecule has 3 amide bonds. The number of anilines is 1. The van der Waals surface area contributed by atoms with Crippen molar-refractivity contribution in [2.45, 2.75) is 59.4 Å².